The molecule has 0 saturated carbocycles. The molecule has 1 aliphatic carbocycles. The van der Waals surface area contributed by atoms with Crippen LogP contribution in [0.4, 0.5) is 0 Å². The summed E-state index contributed by atoms with van der Waals surface area (Å²) in [5, 5.41) is 2.61. The van der Waals surface area contributed by atoms with Crippen LogP contribution in [0.25, 0.3) is 53.8 Å². The summed E-state index contributed by atoms with van der Waals surface area (Å²) in [6.07, 6.45) is 3.76. The van der Waals surface area contributed by atoms with Crippen LogP contribution in [0.3, 0.4) is 0 Å². The van der Waals surface area contributed by atoms with Crippen LogP contribution >= 0.6 is 11.3 Å². The van der Waals surface area contributed by atoms with Crippen molar-refractivity contribution in [2.45, 2.75) is 71.6 Å². The quantitative estimate of drug-likeness (QED) is 0.162. The van der Waals surface area contributed by atoms with Crippen molar-refractivity contribution in [1.29, 1.82) is 0 Å². The second-order valence-corrected chi connectivity index (χ2v) is 16.5. The van der Waals surface area contributed by atoms with E-state index in [0.717, 1.165) is 22.5 Å². The van der Waals surface area contributed by atoms with Gasteiger partial charge in [-0.05, 0) is 78.2 Å². The maximum absolute atomic E-state index is 4.58. The van der Waals surface area contributed by atoms with Gasteiger partial charge in [0, 0.05) is 37.2 Å². The third-order valence-electron chi connectivity index (χ3n) is 9.60. The molecular weight excluding hydrogens is 793 g/mol. The molecule has 49 heavy (non-hydrogen) atoms. The summed E-state index contributed by atoms with van der Waals surface area (Å²) < 4.78 is 2.60. The Kier molecular flexibility index (Phi) is 9.30. The summed E-state index contributed by atoms with van der Waals surface area (Å²) in [7, 11) is 0. The fourth-order valence-electron chi connectivity index (χ4n) is 6.84. The van der Waals surface area contributed by atoms with Crippen molar-refractivity contribution in [1.82, 2.24) is 9.97 Å². The molecular formula is C45H42IrN2S-2. The third-order valence-corrected chi connectivity index (χ3v) is 10.7. The molecule has 3 aromatic heterocycles. The van der Waals surface area contributed by atoms with Crippen molar-refractivity contribution >= 4 is 31.5 Å². The van der Waals surface area contributed by atoms with E-state index in [9.17, 15) is 0 Å². The Morgan fingerprint density at radius 2 is 1.35 bits per heavy atom. The minimum atomic E-state index is -0.0590. The van der Waals surface area contributed by atoms with Crippen LogP contribution in [0.15, 0.2) is 109 Å². The molecule has 0 atom stereocenters. The van der Waals surface area contributed by atoms with E-state index in [-0.39, 0.29) is 36.4 Å². The van der Waals surface area contributed by atoms with Crippen LogP contribution in [0.5, 0.6) is 0 Å². The summed E-state index contributed by atoms with van der Waals surface area (Å²) >= 11 is 1.82. The monoisotopic (exact) mass is 835 g/mol. The molecule has 7 aromatic rings. The van der Waals surface area contributed by atoms with E-state index in [1.807, 2.05) is 41.9 Å². The number of aromatic nitrogens is 2. The first kappa shape index (κ1) is 34.9. The minimum Gasteiger partial charge on any atom is -0.305 e. The smallest absolute Gasteiger partial charge is 0.0239 e. The molecule has 4 aromatic carbocycles. The summed E-state index contributed by atoms with van der Waals surface area (Å²) in [6.45, 7) is 18.2. The molecule has 3 heterocycles. The number of thiophene rings is 1. The number of benzene rings is 4. The van der Waals surface area contributed by atoms with Crippen molar-refractivity contribution in [3.63, 3.8) is 0 Å². The van der Waals surface area contributed by atoms with Gasteiger partial charge in [0.05, 0.1) is 0 Å². The van der Waals surface area contributed by atoms with Crippen LogP contribution in [0.1, 0.15) is 77.6 Å². The Balaban J connectivity index is 0.000000167. The van der Waals surface area contributed by atoms with Crippen molar-refractivity contribution in [3.8, 4) is 33.6 Å². The second-order valence-electron chi connectivity index (χ2n) is 15.4. The van der Waals surface area contributed by atoms with Gasteiger partial charge in [0.15, 0.2) is 0 Å². The van der Waals surface area contributed by atoms with Crippen molar-refractivity contribution < 1.29 is 20.1 Å². The molecule has 2 nitrogen and oxygen atoms in total. The predicted molar refractivity (Wildman–Crippen MR) is 205 cm³/mol. The Morgan fingerprint density at radius 1 is 0.633 bits per heavy atom. The van der Waals surface area contributed by atoms with Crippen LogP contribution in [-0.2, 0) is 36.4 Å². The van der Waals surface area contributed by atoms with Gasteiger partial charge < -0.3 is 9.97 Å². The van der Waals surface area contributed by atoms with Crippen molar-refractivity contribution in [2.75, 3.05) is 0 Å². The van der Waals surface area contributed by atoms with Crippen molar-refractivity contribution in [3.05, 3.63) is 144 Å². The molecule has 0 aliphatic heterocycles. The molecule has 0 unspecified atom stereocenters. The number of hydrogen-bond acceptors (Lipinski definition) is 3. The van der Waals surface area contributed by atoms with Crippen LogP contribution in [0.2, 0.25) is 0 Å². The van der Waals surface area contributed by atoms with E-state index < -0.39 is 0 Å². The maximum atomic E-state index is 4.58. The topological polar surface area (TPSA) is 25.8 Å². The van der Waals surface area contributed by atoms with Gasteiger partial charge >= 0.3 is 0 Å². The fraction of sp³-hybridized carbons (Fsp3) is 0.244. The van der Waals surface area contributed by atoms with Gasteiger partial charge in [-0.15, -0.1) is 53.1 Å². The summed E-state index contributed by atoms with van der Waals surface area (Å²) in [4.78, 5) is 9.15. The van der Waals surface area contributed by atoms with Crippen LogP contribution in [0, 0.1) is 12.1 Å². The van der Waals surface area contributed by atoms with Gasteiger partial charge in [-0.2, -0.15) is 11.3 Å². The van der Waals surface area contributed by atoms with E-state index in [1.165, 1.54) is 53.6 Å². The van der Waals surface area contributed by atoms with Gasteiger partial charge in [0.2, 0.25) is 0 Å². The Hall–Kier alpha value is -3.95. The molecule has 0 bridgehead atoms. The van der Waals surface area contributed by atoms with Crippen molar-refractivity contribution in [2.24, 2.45) is 0 Å². The molecule has 4 heteroatoms. The van der Waals surface area contributed by atoms with E-state index >= 15 is 0 Å². The number of rotatable bonds is 2. The normalized spacial score (nSPS) is 13.3. The minimum absolute atomic E-state index is 0. The Bertz CT molecular complexity index is 2280. The van der Waals surface area contributed by atoms with Gasteiger partial charge in [0.1, 0.15) is 0 Å². The number of hydrogen-bond donors (Lipinski definition) is 0. The molecule has 1 aliphatic rings. The van der Waals surface area contributed by atoms with Crippen LogP contribution in [-0.4, -0.2) is 9.97 Å². The summed E-state index contributed by atoms with van der Waals surface area (Å²) in [5.74, 6) is 0. The Labute approximate surface area is 309 Å². The molecule has 0 saturated heterocycles. The third kappa shape index (κ3) is 6.55. The van der Waals surface area contributed by atoms with Gasteiger partial charge in [-0.25, -0.2) is 0 Å². The summed E-state index contributed by atoms with van der Waals surface area (Å²) in [5.41, 5.74) is 12.5. The van der Waals surface area contributed by atoms with Gasteiger partial charge in [0.25, 0.3) is 0 Å². The number of fused-ring (bicyclic) bond motifs is 6. The summed E-state index contributed by atoms with van der Waals surface area (Å²) in [6, 6.07) is 41.3. The zero-order valence-corrected chi connectivity index (χ0v) is 32.7. The van der Waals surface area contributed by atoms with E-state index in [1.54, 1.807) is 0 Å². The Morgan fingerprint density at radius 3 is 2.08 bits per heavy atom. The second kappa shape index (κ2) is 13.1. The van der Waals surface area contributed by atoms with Gasteiger partial charge in [-0.3, -0.25) is 0 Å². The number of nitrogens with zero attached hydrogens (tertiary/aromatic N) is 2. The zero-order chi connectivity index (χ0) is 33.8. The molecule has 1 radical (unpaired) electrons. The SMILES string of the molecule is CC(C)(C)c1ccc2c(c1)C(C)(C)c1c(-c3ccccn3)[c-]ccc1-2.CC(C)(C)c1ccnc(-c2[c-]cc3sc4ccccc4c3c2)c1.[Ir]. The fourth-order valence-corrected chi connectivity index (χ4v) is 7.91. The van der Waals surface area contributed by atoms with E-state index in [0.29, 0.717) is 0 Å². The van der Waals surface area contributed by atoms with E-state index in [4.69, 9.17) is 0 Å². The molecule has 8 rings (SSSR count). The molecule has 0 amide bonds. The largest absolute Gasteiger partial charge is 0.305 e. The first-order valence-corrected chi connectivity index (χ1v) is 17.6. The van der Waals surface area contributed by atoms with Gasteiger partial charge in [-0.1, -0.05) is 121 Å². The van der Waals surface area contributed by atoms with Crippen LogP contribution < -0.4 is 0 Å². The molecule has 0 spiro atoms. The zero-order valence-electron chi connectivity index (χ0n) is 29.5. The molecule has 249 valence electrons. The number of pyridine rings is 2. The first-order chi connectivity index (χ1) is 22.8. The first-order valence-electron chi connectivity index (χ1n) is 16.7. The van der Waals surface area contributed by atoms with E-state index in [2.05, 4.69) is 156 Å². The maximum Gasteiger partial charge on any atom is 0.0239 e. The predicted octanol–water partition coefficient (Wildman–Crippen LogP) is 12.4. The molecule has 0 fully saturated rings. The average Bonchev–Trinajstić information content (AvgIpc) is 3.56. The molecule has 0 N–H and O–H groups in total. The standard InChI is InChI=1S/C24H24N.C21H18NS.Ir/c1-23(2,3)16-12-13-17-18-9-8-10-19(21-11-6-7-14-25-21)22(18)24(4,5)20(17)15-16;1-21(2,3)15-10-11-22-18(13-15)14-8-9-20-17(12-14)16-6-4-5-7-19(16)23-20;/h6-9,11-15H,1-5H3;4-7,9-13H,1-3H3;/q2*-1;. The average molecular weight is 835 g/mol.